The molecule has 2 aromatic carbocycles. The Bertz CT molecular complexity index is 1190. The standard InChI is InChI=1S/C22H18ClN3O3/c1-14(27)25-11-10-15-12-16(6-8-20(15)25)21(28)13-26-22(29)9-7-19(24-26)17-4-2-3-5-18(17)23/h2-9,12H,10-11,13H2,1H3. The van der Waals surface area contributed by atoms with E-state index in [0.717, 1.165) is 15.9 Å². The van der Waals surface area contributed by atoms with Crippen molar-refractivity contribution in [1.82, 2.24) is 9.78 Å². The number of rotatable bonds is 4. The molecular weight excluding hydrogens is 390 g/mol. The summed E-state index contributed by atoms with van der Waals surface area (Å²) < 4.78 is 1.15. The van der Waals surface area contributed by atoms with Gasteiger partial charge in [-0.2, -0.15) is 5.10 Å². The number of hydrogen-bond donors (Lipinski definition) is 0. The molecule has 0 saturated heterocycles. The first-order valence-corrected chi connectivity index (χ1v) is 9.59. The van der Waals surface area contributed by atoms with Crippen LogP contribution in [0.4, 0.5) is 5.69 Å². The lowest BCUT2D eigenvalue weighted by Crippen LogP contribution is -2.26. The second-order valence-corrected chi connectivity index (χ2v) is 7.29. The molecule has 0 saturated carbocycles. The van der Waals surface area contributed by atoms with Gasteiger partial charge in [-0.1, -0.05) is 29.8 Å². The predicted octanol–water partition coefficient (Wildman–Crippen LogP) is 3.36. The van der Waals surface area contributed by atoms with Gasteiger partial charge in [-0.05, 0) is 42.3 Å². The number of amides is 1. The molecule has 0 unspecified atom stereocenters. The third-order valence-corrected chi connectivity index (χ3v) is 5.32. The quantitative estimate of drug-likeness (QED) is 0.622. The molecule has 6 nitrogen and oxygen atoms in total. The van der Waals surface area contributed by atoms with E-state index in [9.17, 15) is 14.4 Å². The molecule has 0 N–H and O–H groups in total. The van der Waals surface area contributed by atoms with Gasteiger partial charge in [0, 0.05) is 36.3 Å². The highest BCUT2D eigenvalue weighted by Gasteiger charge is 2.23. The molecule has 0 aliphatic carbocycles. The van der Waals surface area contributed by atoms with Crippen molar-refractivity contribution in [3.8, 4) is 11.3 Å². The number of Topliss-reactive ketones (excluding diaryl/α,β-unsaturated/α-hetero) is 1. The topological polar surface area (TPSA) is 72.3 Å². The first-order valence-electron chi connectivity index (χ1n) is 9.21. The van der Waals surface area contributed by atoms with Gasteiger partial charge in [0.25, 0.3) is 5.56 Å². The van der Waals surface area contributed by atoms with E-state index in [2.05, 4.69) is 5.10 Å². The molecule has 3 aromatic rings. The molecule has 4 rings (SSSR count). The third kappa shape index (κ3) is 3.71. The lowest BCUT2D eigenvalue weighted by molar-refractivity contribution is -0.116. The van der Waals surface area contributed by atoms with Crippen molar-refractivity contribution in [2.45, 2.75) is 19.9 Å². The molecule has 1 aliphatic heterocycles. The van der Waals surface area contributed by atoms with Crippen molar-refractivity contribution in [2.75, 3.05) is 11.4 Å². The fourth-order valence-electron chi connectivity index (χ4n) is 3.50. The zero-order valence-electron chi connectivity index (χ0n) is 15.8. The number of carbonyl (C=O) groups excluding carboxylic acids is 2. The largest absolute Gasteiger partial charge is 0.312 e. The number of nitrogens with zero attached hydrogens (tertiary/aromatic N) is 3. The van der Waals surface area contributed by atoms with E-state index in [1.807, 2.05) is 18.2 Å². The first kappa shape index (κ1) is 19.1. The van der Waals surface area contributed by atoms with Crippen LogP contribution >= 0.6 is 11.6 Å². The monoisotopic (exact) mass is 407 g/mol. The van der Waals surface area contributed by atoms with Crippen LogP contribution in [0.15, 0.2) is 59.4 Å². The second kappa shape index (κ2) is 7.64. The Morgan fingerprint density at radius 1 is 1.10 bits per heavy atom. The molecule has 7 heteroatoms. The summed E-state index contributed by atoms with van der Waals surface area (Å²) in [5.74, 6) is -0.241. The summed E-state index contributed by atoms with van der Waals surface area (Å²) in [6.45, 7) is 1.97. The fraction of sp³-hybridized carbons (Fsp3) is 0.182. The maximum Gasteiger partial charge on any atom is 0.267 e. The molecule has 0 spiro atoms. The van der Waals surface area contributed by atoms with E-state index in [1.165, 1.54) is 13.0 Å². The van der Waals surface area contributed by atoms with E-state index in [4.69, 9.17) is 11.6 Å². The Morgan fingerprint density at radius 3 is 2.66 bits per heavy atom. The molecule has 0 fully saturated rings. The van der Waals surface area contributed by atoms with Gasteiger partial charge in [0.05, 0.1) is 10.7 Å². The Hall–Kier alpha value is -3.25. The highest BCUT2D eigenvalue weighted by Crippen LogP contribution is 2.29. The van der Waals surface area contributed by atoms with Crippen LogP contribution in [-0.2, 0) is 17.8 Å². The second-order valence-electron chi connectivity index (χ2n) is 6.88. The van der Waals surface area contributed by atoms with Crippen LogP contribution in [0.1, 0.15) is 22.8 Å². The summed E-state index contributed by atoms with van der Waals surface area (Å²) in [5, 5.41) is 4.84. The zero-order chi connectivity index (χ0) is 20.5. The molecule has 1 aromatic heterocycles. The average molecular weight is 408 g/mol. The number of benzene rings is 2. The fourth-order valence-corrected chi connectivity index (χ4v) is 3.74. The smallest absolute Gasteiger partial charge is 0.267 e. The lowest BCUT2D eigenvalue weighted by atomic mass is 10.1. The van der Waals surface area contributed by atoms with Crippen molar-refractivity contribution in [3.63, 3.8) is 0 Å². The molecule has 29 heavy (non-hydrogen) atoms. The SMILES string of the molecule is CC(=O)N1CCc2cc(C(=O)Cn3nc(-c4ccccc4Cl)ccc3=O)ccc21. The van der Waals surface area contributed by atoms with Crippen molar-refractivity contribution < 1.29 is 9.59 Å². The molecule has 0 radical (unpaired) electrons. The number of halogens is 1. The molecule has 1 aliphatic rings. The van der Waals surface area contributed by atoms with E-state index >= 15 is 0 Å². The maximum absolute atomic E-state index is 12.8. The number of ketones is 1. The highest BCUT2D eigenvalue weighted by molar-refractivity contribution is 6.33. The first-order chi connectivity index (χ1) is 13.9. The van der Waals surface area contributed by atoms with Gasteiger partial charge in [0.1, 0.15) is 6.54 Å². The third-order valence-electron chi connectivity index (χ3n) is 4.99. The predicted molar refractivity (Wildman–Crippen MR) is 111 cm³/mol. The minimum absolute atomic E-state index is 0.0185. The van der Waals surface area contributed by atoms with Gasteiger partial charge in [0.2, 0.25) is 5.91 Å². The number of carbonyl (C=O) groups is 2. The van der Waals surface area contributed by atoms with E-state index in [1.54, 1.807) is 35.2 Å². The minimum atomic E-state index is -0.363. The minimum Gasteiger partial charge on any atom is -0.312 e. The molecule has 146 valence electrons. The summed E-state index contributed by atoms with van der Waals surface area (Å²) in [7, 11) is 0. The van der Waals surface area contributed by atoms with Crippen LogP contribution in [0.5, 0.6) is 0 Å². The van der Waals surface area contributed by atoms with Crippen molar-refractivity contribution in [3.05, 3.63) is 81.1 Å². The van der Waals surface area contributed by atoms with Gasteiger partial charge in [-0.15, -0.1) is 0 Å². The molecular formula is C22H18ClN3O3. The molecule has 2 heterocycles. The lowest BCUT2D eigenvalue weighted by Gasteiger charge is -2.14. The normalized spacial score (nSPS) is 12.7. The Morgan fingerprint density at radius 2 is 1.90 bits per heavy atom. The van der Waals surface area contributed by atoms with Gasteiger partial charge in [-0.25, -0.2) is 4.68 Å². The Balaban J connectivity index is 1.61. The number of fused-ring (bicyclic) bond motifs is 1. The average Bonchev–Trinajstić information content (AvgIpc) is 3.13. The van der Waals surface area contributed by atoms with Gasteiger partial charge in [0.15, 0.2) is 5.78 Å². The van der Waals surface area contributed by atoms with Crippen LogP contribution in [0.25, 0.3) is 11.3 Å². The van der Waals surface area contributed by atoms with Crippen molar-refractivity contribution >= 4 is 29.0 Å². The van der Waals surface area contributed by atoms with Crippen molar-refractivity contribution in [1.29, 1.82) is 0 Å². The van der Waals surface area contributed by atoms with Gasteiger partial charge < -0.3 is 4.90 Å². The molecule has 1 amide bonds. The summed E-state index contributed by atoms with van der Waals surface area (Å²) in [4.78, 5) is 38.4. The van der Waals surface area contributed by atoms with Crippen LogP contribution in [0.3, 0.4) is 0 Å². The van der Waals surface area contributed by atoms with Crippen LogP contribution < -0.4 is 10.5 Å². The van der Waals surface area contributed by atoms with E-state index < -0.39 is 0 Å². The zero-order valence-corrected chi connectivity index (χ0v) is 16.5. The van der Waals surface area contributed by atoms with Gasteiger partial charge in [-0.3, -0.25) is 14.4 Å². The Labute approximate surface area is 172 Å². The van der Waals surface area contributed by atoms with Crippen molar-refractivity contribution in [2.24, 2.45) is 0 Å². The van der Waals surface area contributed by atoms with Crippen LogP contribution in [-0.4, -0.2) is 28.0 Å². The maximum atomic E-state index is 12.8. The molecule has 0 bridgehead atoms. The highest BCUT2D eigenvalue weighted by atomic mass is 35.5. The Kier molecular flexibility index (Phi) is 5.03. The molecule has 0 atom stereocenters. The van der Waals surface area contributed by atoms with E-state index in [-0.39, 0.29) is 23.8 Å². The van der Waals surface area contributed by atoms with E-state index in [0.29, 0.717) is 34.8 Å². The summed E-state index contributed by atoms with van der Waals surface area (Å²) >= 11 is 6.22. The number of aromatic nitrogens is 2. The summed E-state index contributed by atoms with van der Waals surface area (Å²) in [5.41, 5.74) is 3.14. The summed E-state index contributed by atoms with van der Waals surface area (Å²) in [6, 6.07) is 15.4. The van der Waals surface area contributed by atoms with Crippen LogP contribution in [0.2, 0.25) is 5.02 Å². The van der Waals surface area contributed by atoms with Gasteiger partial charge >= 0.3 is 0 Å². The number of hydrogen-bond acceptors (Lipinski definition) is 4. The van der Waals surface area contributed by atoms with Crippen LogP contribution in [0, 0.1) is 0 Å². The number of anilines is 1. The summed E-state index contributed by atoms with van der Waals surface area (Å²) in [6.07, 6.45) is 0.705.